The van der Waals surface area contributed by atoms with Gasteiger partial charge in [0.2, 0.25) is 10.0 Å². The van der Waals surface area contributed by atoms with Gasteiger partial charge in [0.05, 0.1) is 25.2 Å². The Hall–Kier alpha value is -2.10. The number of ether oxygens (including phenoxy) is 2. The zero-order valence-corrected chi connectivity index (χ0v) is 16.2. The van der Waals surface area contributed by atoms with Gasteiger partial charge in [-0.05, 0) is 18.6 Å². The van der Waals surface area contributed by atoms with E-state index in [1.54, 1.807) is 19.2 Å². The predicted octanol–water partition coefficient (Wildman–Crippen LogP) is 1.08. The highest BCUT2D eigenvalue weighted by Gasteiger charge is 2.37. The molecule has 0 spiro atoms. The van der Waals surface area contributed by atoms with Gasteiger partial charge in [-0.15, -0.1) is 0 Å². The number of imidazole rings is 1. The second-order valence-corrected chi connectivity index (χ2v) is 8.06. The third-order valence-electron chi connectivity index (χ3n) is 4.62. The molecule has 0 saturated carbocycles. The van der Waals surface area contributed by atoms with Crippen molar-refractivity contribution in [2.24, 2.45) is 7.05 Å². The Bertz CT molecular complexity index is 894. The first-order valence-electron chi connectivity index (χ1n) is 8.32. The molecule has 9 heteroatoms. The Morgan fingerprint density at radius 1 is 1.23 bits per heavy atom. The van der Waals surface area contributed by atoms with Crippen molar-refractivity contribution in [3.63, 3.8) is 0 Å². The number of hydrogen-bond donors (Lipinski definition) is 1. The average molecular weight is 380 g/mol. The van der Waals surface area contributed by atoms with E-state index in [0.29, 0.717) is 42.5 Å². The molecule has 0 aliphatic carbocycles. The molecule has 1 atom stereocenters. The SMILES string of the molecule is COc1cc(C)c(S(=O)(=O)N2CCNCC2c2nccn2C)cc1OC. The van der Waals surface area contributed by atoms with E-state index in [-0.39, 0.29) is 10.9 Å². The normalized spacial score (nSPS) is 18.7. The molecule has 2 heterocycles. The Labute approximate surface area is 153 Å². The molecule has 2 aromatic rings. The fourth-order valence-electron chi connectivity index (χ4n) is 3.26. The highest BCUT2D eigenvalue weighted by Crippen LogP contribution is 2.36. The zero-order valence-electron chi connectivity index (χ0n) is 15.4. The van der Waals surface area contributed by atoms with Crippen molar-refractivity contribution < 1.29 is 17.9 Å². The molecule has 1 aliphatic rings. The van der Waals surface area contributed by atoms with Crippen LogP contribution in [0.1, 0.15) is 17.4 Å². The summed E-state index contributed by atoms with van der Waals surface area (Å²) in [6, 6.07) is 2.84. The summed E-state index contributed by atoms with van der Waals surface area (Å²) in [5.74, 6) is 1.60. The number of rotatable bonds is 5. The lowest BCUT2D eigenvalue weighted by Gasteiger charge is -2.35. The maximum Gasteiger partial charge on any atom is 0.244 e. The van der Waals surface area contributed by atoms with E-state index in [0.717, 1.165) is 0 Å². The minimum absolute atomic E-state index is 0.219. The summed E-state index contributed by atoms with van der Waals surface area (Å²) in [6.45, 7) is 3.23. The largest absolute Gasteiger partial charge is 0.493 e. The number of aromatic nitrogens is 2. The van der Waals surface area contributed by atoms with Crippen molar-refractivity contribution in [2.75, 3.05) is 33.9 Å². The third kappa shape index (κ3) is 3.17. The molecule has 3 rings (SSSR count). The fraction of sp³-hybridized carbons (Fsp3) is 0.471. The Balaban J connectivity index is 2.07. The lowest BCUT2D eigenvalue weighted by atomic mass is 10.2. The molecule has 1 N–H and O–H groups in total. The molecule has 1 aromatic carbocycles. The third-order valence-corrected chi connectivity index (χ3v) is 6.67. The summed E-state index contributed by atoms with van der Waals surface area (Å²) in [5.41, 5.74) is 0.611. The summed E-state index contributed by atoms with van der Waals surface area (Å²) >= 11 is 0. The number of methoxy groups -OCH3 is 2. The molecule has 0 amide bonds. The molecule has 8 nitrogen and oxygen atoms in total. The van der Waals surface area contributed by atoms with Crippen molar-refractivity contribution >= 4 is 10.0 Å². The van der Waals surface area contributed by atoms with Crippen LogP contribution in [-0.4, -0.2) is 56.1 Å². The van der Waals surface area contributed by atoms with Gasteiger partial charge in [-0.25, -0.2) is 13.4 Å². The average Bonchev–Trinajstić information content (AvgIpc) is 3.07. The van der Waals surface area contributed by atoms with Gasteiger partial charge in [0.25, 0.3) is 0 Å². The van der Waals surface area contributed by atoms with Crippen LogP contribution < -0.4 is 14.8 Å². The minimum atomic E-state index is -3.74. The van der Waals surface area contributed by atoms with Gasteiger partial charge in [0, 0.05) is 45.1 Å². The lowest BCUT2D eigenvalue weighted by Crippen LogP contribution is -2.49. The van der Waals surface area contributed by atoms with Crippen molar-refractivity contribution in [1.82, 2.24) is 19.2 Å². The van der Waals surface area contributed by atoms with E-state index in [1.807, 2.05) is 17.8 Å². The van der Waals surface area contributed by atoms with Crippen LogP contribution >= 0.6 is 0 Å². The van der Waals surface area contributed by atoms with Gasteiger partial charge in [-0.1, -0.05) is 0 Å². The Morgan fingerprint density at radius 2 is 1.92 bits per heavy atom. The van der Waals surface area contributed by atoms with E-state index >= 15 is 0 Å². The Kier molecular flexibility index (Phi) is 5.22. The molecule has 1 aromatic heterocycles. The van der Waals surface area contributed by atoms with E-state index in [2.05, 4.69) is 10.3 Å². The standard InChI is InChI=1S/C17H24N4O4S/c1-12-9-14(24-3)15(25-4)10-16(12)26(22,23)21-8-5-18-11-13(21)17-19-6-7-20(17)2/h6-7,9-10,13,18H,5,8,11H2,1-4H3. The van der Waals surface area contributed by atoms with Crippen LogP contribution in [0.5, 0.6) is 11.5 Å². The minimum Gasteiger partial charge on any atom is -0.493 e. The van der Waals surface area contributed by atoms with Gasteiger partial charge in [-0.2, -0.15) is 4.31 Å². The van der Waals surface area contributed by atoms with Crippen LogP contribution in [0, 0.1) is 6.92 Å². The molecule has 1 saturated heterocycles. The van der Waals surface area contributed by atoms with Gasteiger partial charge < -0.3 is 19.4 Å². The second-order valence-electron chi connectivity index (χ2n) is 6.20. The summed E-state index contributed by atoms with van der Waals surface area (Å²) in [4.78, 5) is 4.57. The summed E-state index contributed by atoms with van der Waals surface area (Å²) < 4.78 is 40.8. The number of aryl methyl sites for hydroxylation is 2. The number of hydrogen-bond acceptors (Lipinski definition) is 6. The topological polar surface area (TPSA) is 85.7 Å². The predicted molar refractivity (Wildman–Crippen MR) is 97.0 cm³/mol. The smallest absolute Gasteiger partial charge is 0.244 e. The van der Waals surface area contributed by atoms with Gasteiger partial charge in [0.1, 0.15) is 5.82 Å². The van der Waals surface area contributed by atoms with Crippen molar-refractivity contribution in [3.05, 3.63) is 35.9 Å². The first kappa shape index (κ1) is 18.7. The molecule has 1 unspecified atom stereocenters. The number of nitrogens with zero attached hydrogens (tertiary/aromatic N) is 3. The molecule has 142 valence electrons. The Morgan fingerprint density at radius 3 is 2.54 bits per heavy atom. The van der Waals surface area contributed by atoms with Gasteiger partial charge in [-0.3, -0.25) is 0 Å². The van der Waals surface area contributed by atoms with E-state index < -0.39 is 10.0 Å². The van der Waals surface area contributed by atoms with Gasteiger partial charge >= 0.3 is 0 Å². The zero-order chi connectivity index (χ0) is 18.9. The molecular formula is C17H24N4O4S. The van der Waals surface area contributed by atoms with Crippen LogP contribution in [0.4, 0.5) is 0 Å². The molecule has 1 aliphatic heterocycles. The summed E-state index contributed by atoms with van der Waals surface area (Å²) in [6.07, 6.45) is 3.49. The van der Waals surface area contributed by atoms with Gasteiger partial charge in [0.15, 0.2) is 11.5 Å². The van der Waals surface area contributed by atoms with Crippen molar-refractivity contribution in [1.29, 1.82) is 0 Å². The van der Waals surface area contributed by atoms with Crippen molar-refractivity contribution in [2.45, 2.75) is 17.9 Å². The number of sulfonamides is 1. The van der Waals surface area contributed by atoms with E-state index in [9.17, 15) is 8.42 Å². The lowest BCUT2D eigenvalue weighted by molar-refractivity contribution is 0.258. The fourth-order valence-corrected chi connectivity index (χ4v) is 5.07. The van der Waals surface area contributed by atoms with Crippen LogP contribution in [0.25, 0.3) is 0 Å². The molecular weight excluding hydrogens is 356 g/mol. The summed E-state index contributed by atoms with van der Waals surface area (Å²) in [5, 5.41) is 3.26. The van der Waals surface area contributed by atoms with E-state index in [1.165, 1.54) is 24.6 Å². The van der Waals surface area contributed by atoms with E-state index in [4.69, 9.17) is 9.47 Å². The second kappa shape index (κ2) is 7.26. The first-order valence-corrected chi connectivity index (χ1v) is 9.76. The quantitative estimate of drug-likeness (QED) is 0.836. The van der Waals surface area contributed by atoms with Crippen LogP contribution in [-0.2, 0) is 17.1 Å². The maximum atomic E-state index is 13.5. The first-order chi connectivity index (χ1) is 12.4. The monoisotopic (exact) mass is 380 g/mol. The maximum absolute atomic E-state index is 13.5. The number of piperazine rings is 1. The highest BCUT2D eigenvalue weighted by atomic mass is 32.2. The molecule has 0 bridgehead atoms. The summed E-state index contributed by atoms with van der Waals surface area (Å²) in [7, 11) is 1.14. The number of benzene rings is 1. The highest BCUT2D eigenvalue weighted by molar-refractivity contribution is 7.89. The number of nitrogens with one attached hydrogen (secondary N) is 1. The molecule has 26 heavy (non-hydrogen) atoms. The van der Waals surface area contributed by atoms with Crippen LogP contribution in [0.2, 0.25) is 0 Å². The molecule has 1 fully saturated rings. The van der Waals surface area contributed by atoms with Crippen LogP contribution in [0.3, 0.4) is 0 Å². The van der Waals surface area contributed by atoms with Crippen molar-refractivity contribution in [3.8, 4) is 11.5 Å². The van der Waals surface area contributed by atoms with Crippen LogP contribution in [0.15, 0.2) is 29.4 Å². The molecule has 0 radical (unpaired) electrons.